The minimum Gasteiger partial charge on any atom is -0.471 e. The Hall–Kier alpha value is -5.66. The third-order valence-electron chi connectivity index (χ3n) is 7.87. The number of H-pyrrole nitrogens is 1. The lowest BCUT2D eigenvalue weighted by atomic mass is 10.0. The molecule has 1 saturated heterocycles. The number of likely N-dealkylation sites (tertiary alicyclic amines) is 1. The monoisotopic (exact) mass is 687 g/mol. The zero-order valence-corrected chi connectivity index (χ0v) is 29.0. The molecule has 0 spiro atoms. The number of imidazole rings is 1. The van der Waals surface area contributed by atoms with E-state index in [1.165, 1.54) is 20.4 Å². The molecule has 50 heavy (non-hydrogen) atoms. The van der Waals surface area contributed by atoms with Gasteiger partial charge in [-0.1, -0.05) is 48.5 Å². The molecule has 5 rings (SSSR count). The molecule has 1 aliphatic heterocycles. The Bertz CT molecular complexity index is 1760. The van der Waals surface area contributed by atoms with Gasteiger partial charge in [-0.2, -0.15) is 0 Å². The topological polar surface area (TPSA) is 177 Å². The number of nitrogens with zero attached hydrogens (tertiary/aromatic N) is 3. The predicted octanol–water partition coefficient (Wildman–Crippen LogP) is 3.94. The largest absolute Gasteiger partial charge is 0.471 e. The van der Waals surface area contributed by atoms with E-state index in [9.17, 15) is 19.2 Å². The van der Waals surface area contributed by atoms with Crippen LogP contribution in [0.2, 0.25) is 0 Å². The number of carbonyl (C=O) groups excluding carboxylic acids is 5. The van der Waals surface area contributed by atoms with Gasteiger partial charge in [-0.05, 0) is 57.7 Å². The average Bonchev–Trinajstić information content (AvgIpc) is 3.87. The molecular formula is C36H45N7O7. The highest BCUT2D eigenvalue weighted by molar-refractivity contribution is 5.98. The maximum Gasteiger partial charge on any atom is 0.408 e. The molecule has 1 aliphatic rings. The number of carbonyl (C=O) groups is 5. The van der Waals surface area contributed by atoms with Gasteiger partial charge in [0.2, 0.25) is 17.7 Å². The third-order valence-corrected chi connectivity index (χ3v) is 7.87. The van der Waals surface area contributed by atoms with Crippen LogP contribution in [0, 0.1) is 0 Å². The summed E-state index contributed by atoms with van der Waals surface area (Å²) in [4.78, 5) is 71.3. The Morgan fingerprint density at radius 2 is 1.64 bits per heavy atom. The highest BCUT2D eigenvalue weighted by atomic mass is 16.6. The van der Waals surface area contributed by atoms with Crippen LogP contribution >= 0.6 is 0 Å². The molecule has 2 aromatic carbocycles. The quantitative estimate of drug-likeness (QED) is 0.171. The molecule has 2 aromatic heterocycles. The van der Waals surface area contributed by atoms with E-state index in [0.29, 0.717) is 19.6 Å². The van der Waals surface area contributed by atoms with Gasteiger partial charge in [0, 0.05) is 42.8 Å². The molecule has 4 amide bonds. The molecule has 4 aromatic rings. The van der Waals surface area contributed by atoms with Gasteiger partial charge >= 0.3 is 6.09 Å². The van der Waals surface area contributed by atoms with Gasteiger partial charge < -0.3 is 39.9 Å². The Kier molecular flexibility index (Phi) is 12.7. The van der Waals surface area contributed by atoms with Gasteiger partial charge in [-0.15, -0.1) is 0 Å². The third kappa shape index (κ3) is 10.2. The van der Waals surface area contributed by atoms with Crippen molar-refractivity contribution in [1.82, 2.24) is 30.1 Å². The van der Waals surface area contributed by atoms with E-state index in [0.717, 1.165) is 34.9 Å². The van der Waals surface area contributed by atoms with E-state index in [1.807, 2.05) is 65.7 Å². The molecular weight excluding hydrogens is 642 g/mol. The fourth-order valence-corrected chi connectivity index (χ4v) is 5.52. The number of aromatic nitrogens is 3. The number of methoxy groups -OCH3 is 1. The number of amides is 4. The van der Waals surface area contributed by atoms with Gasteiger partial charge in [-0.3, -0.25) is 19.2 Å². The number of aromatic amines is 1. The first-order valence-electron chi connectivity index (χ1n) is 16.4. The van der Waals surface area contributed by atoms with Crippen LogP contribution in [0.5, 0.6) is 0 Å². The number of nitrogens with one attached hydrogen (secondary N) is 4. The van der Waals surface area contributed by atoms with Crippen molar-refractivity contribution in [3.05, 3.63) is 84.4 Å². The first kappa shape index (κ1) is 37.2. The highest BCUT2D eigenvalue weighted by Gasteiger charge is 2.31. The van der Waals surface area contributed by atoms with Crippen LogP contribution in [-0.4, -0.2) is 87.6 Å². The predicted molar refractivity (Wildman–Crippen MR) is 187 cm³/mol. The van der Waals surface area contributed by atoms with Crippen LogP contribution in [0.4, 0.5) is 10.6 Å². The van der Waals surface area contributed by atoms with Crippen LogP contribution in [0.3, 0.4) is 0 Å². The molecule has 0 radical (unpaired) electrons. The standard InChI is InChI=1S/C34H41N7O5.C2H4O2/c1-22(37-33(45)46-34(2,3)4)30(42)38-27(18-24-19-35-26-15-9-8-14-25(24)26)31(43)39-28-20-41(21-36-28)29(23-12-6-5-7-13-23)32(44)40-16-10-11-17-40;1-4-2-3/h5-9,12-15,19-22,27,29,35H,10-11,16-18H2,1-4H3,(H,37,45)(H,38,42)(H,39,43);2H,1H3. The molecule has 0 aliphatic carbocycles. The fraction of sp³-hybridized carbons (Fsp3) is 0.389. The SMILES string of the molecule is CC(NC(=O)OC(C)(C)C)C(=O)NC(Cc1c[nH]c2ccccc12)C(=O)Nc1cn(C(C(=O)N2CCCC2)c2ccccc2)cn1.COC=O. The smallest absolute Gasteiger partial charge is 0.408 e. The molecule has 3 atom stereocenters. The number of ether oxygens (including phenoxy) is 2. The summed E-state index contributed by atoms with van der Waals surface area (Å²) in [6, 6.07) is 14.5. The van der Waals surface area contributed by atoms with Gasteiger partial charge in [0.15, 0.2) is 5.82 Å². The van der Waals surface area contributed by atoms with Crippen molar-refractivity contribution >= 4 is 47.0 Å². The highest BCUT2D eigenvalue weighted by Crippen LogP contribution is 2.25. The maximum absolute atomic E-state index is 13.8. The Morgan fingerprint density at radius 1 is 0.980 bits per heavy atom. The van der Waals surface area contributed by atoms with Crippen LogP contribution in [0.25, 0.3) is 10.9 Å². The van der Waals surface area contributed by atoms with Gasteiger partial charge in [0.05, 0.1) is 13.4 Å². The summed E-state index contributed by atoms with van der Waals surface area (Å²) >= 11 is 0. The van der Waals surface area contributed by atoms with Crippen LogP contribution < -0.4 is 16.0 Å². The fourth-order valence-electron chi connectivity index (χ4n) is 5.52. The average molecular weight is 688 g/mol. The van der Waals surface area contributed by atoms with E-state index in [4.69, 9.17) is 9.53 Å². The molecule has 0 bridgehead atoms. The summed E-state index contributed by atoms with van der Waals surface area (Å²) in [5, 5.41) is 9.05. The molecule has 266 valence electrons. The summed E-state index contributed by atoms with van der Waals surface area (Å²) in [6.45, 7) is 8.48. The van der Waals surface area contributed by atoms with Crippen LogP contribution in [0.1, 0.15) is 57.7 Å². The second kappa shape index (κ2) is 17.1. The van der Waals surface area contributed by atoms with Gasteiger partial charge in [-0.25, -0.2) is 9.78 Å². The number of para-hydroxylation sites is 1. The van der Waals surface area contributed by atoms with Gasteiger partial charge in [0.1, 0.15) is 23.7 Å². The molecule has 14 nitrogen and oxygen atoms in total. The zero-order valence-electron chi connectivity index (χ0n) is 29.0. The summed E-state index contributed by atoms with van der Waals surface area (Å²) in [5.74, 6) is -0.861. The van der Waals surface area contributed by atoms with E-state index >= 15 is 0 Å². The van der Waals surface area contributed by atoms with Crippen molar-refractivity contribution in [1.29, 1.82) is 0 Å². The van der Waals surface area contributed by atoms with Crippen molar-refractivity contribution in [3.8, 4) is 0 Å². The molecule has 3 heterocycles. The normalized spacial score (nSPS) is 14.4. The van der Waals surface area contributed by atoms with E-state index in [1.54, 1.807) is 31.5 Å². The number of fused-ring (bicyclic) bond motifs is 1. The van der Waals surface area contributed by atoms with Crippen LogP contribution in [-0.2, 0) is 35.1 Å². The minimum atomic E-state index is -1.02. The maximum atomic E-state index is 13.8. The molecule has 14 heteroatoms. The molecule has 1 fully saturated rings. The van der Waals surface area contributed by atoms with E-state index < -0.39 is 41.6 Å². The lowest BCUT2D eigenvalue weighted by Gasteiger charge is -2.24. The number of rotatable bonds is 11. The molecule has 0 saturated carbocycles. The first-order chi connectivity index (χ1) is 23.9. The van der Waals surface area contributed by atoms with Crippen molar-refractivity contribution in [2.24, 2.45) is 0 Å². The number of hydrogen-bond acceptors (Lipinski definition) is 8. The summed E-state index contributed by atoms with van der Waals surface area (Å²) in [6.07, 6.45) is 6.32. The minimum absolute atomic E-state index is 0.0325. The second-order valence-electron chi connectivity index (χ2n) is 12.9. The summed E-state index contributed by atoms with van der Waals surface area (Å²) < 4.78 is 10.8. The second-order valence-corrected chi connectivity index (χ2v) is 12.9. The zero-order chi connectivity index (χ0) is 36.3. The van der Waals surface area contributed by atoms with Crippen LogP contribution in [0.15, 0.2) is 73.3 Å². The number of hydrogen-bond donors (Lipinski definition) is 4. The first-order valence-corrected chi connectivity index (χ1v) is 16.4. The van der Waals surface area contributed by atoms with Crippen molar-refractivity contribution in [2.75, 3.05) is 25.5 Å². The van der Waals surface area contributed by atoms with E-state index in [2.05, 4.69) is 30.7 Å². The summed E-state index contributed by atoms with van der Waals surface area (Å²) in [7, 11) is 1.31. The number of benzene rings is 2. The van der Waals surface area contributed by atoms with Crippen molar-refractivity contribution in [3.63, 3.8) is 0 Å². The lowest BCUT2D eigenvalue weighted by Crippen LogP contribution is -2.52. The van der Waals surface area contributed by atoms with Crippen molar-refractivity contribution in [2.45, 2.75) is 70.7 Å². The van der Waals surface area contributed by atoms with E-state index in [-0.39, 0.29) is 18.1 Å². The molecule has 3 unspecified atom stereocenters. The van der Waals surface area contributed by atoms with Crippen molar-refractivity contribution < 1.29 is 33.4 Å². The Labute approximate surface area is 290 Å². The summed E-state index contributed by atoms with van der Waals surface area (Å²) in [5.41, 5.74) is 1.80. The molecule has 4 N–H and O–H groups in total. The lowest BCUT2D eigenvalue weighted by molar-refractivity contribution is -0.132. The Morgan fingerprint density at radius 3 is 2.30 bits per heavy atom. The van der Waals surface area contributed by atoms with Gasteiger partial charge in [0.25, 0.3) is 6.47 Å². The Balaban J connectivity index is 0.00000133. The number of alkyl carbamates (subject to hydrolysis) is 1. The number of anilines is 1.